The van der Waals surface area contributed by atoms with Crippen LogP contribution in [-0.4, -0.2) is 28.2 Å². The Bertz CT molecular complexity index is 1280. The van der Waals surface area contributed by atoms with E-state index < -0.39 is 0 Å². The maximum absolute atomic E-state index is 13.3. The van der Waals surface area contributed by atoms with Gasteiger partial charge < -0.3 is 4.74 Å². The number of carbonyl (C=O) groups excluding carboxylic acids is 1. The molecule has 0 spiro atoms. The Morgan fingerprint density at radius 3 is 2.47 bits per heavy atom. The van der Waals surface area contributed by atoms with E-state index in [-0.39, 0.29) is 17.1 Å². The fourth-order valence-corrected chi connectivity index (χ4v) is 4.11. The molecule has 0 fully saturated rings. The average molecular weight is 417 g/mol. The van der Waals surface area contributed by atoms with Gasteiger partial charge in [-0.3, -0.25) is 14.2 Å². The molecule has 4 aromatic rings. The Morgan fingerprint density at radius 2 is 1.70 bits per heavy atom. The molecule has 0 aliphatic carbocycles. The number of para-hydroxylation sites is 2. The number of rotatable bonds is 6. The maximum atomic E-state index is 13.3. The number of aromatic nitrogens is 2. The summed E-state index contributed by atoms with van der Waals surface area (Å²) in [5.41, 5.74) is 2.78. The summed E-state index contributed by atoms with van der Waals surface area (Å²) in [5, 5.41) is 1.02. The van der Waals surface area contributed by atoms with Crippen LogP contribution in [0.5, 0.6) is 5.75 Å². The zero-order valence-corrected chi connectivity index (χ0v) is 17.5. The highest BCUT2D eigenvalue weighted by atomic mass is 32.2. The fraction of sp³-hybridized carbons (Fsp3) is 0.125. The minimum atomic E-state index is -0.156. The lowest BCUT2D eigenvalue weighted by Gasteiger charge is -2.13. The minimum absolute atomic E-state index is 0.0877. The molecule has 150 valence electrons. The molecular weight excluding hydrogens is 396 g/mol. The summed E-state index contributed by atoms with van der Waals surface area (Å²) in [6, 6.07) is 22.0. The lowest BCUT2D eigenvalue weighted by Crippen LogP contribution is -2.22. The standard InChI is InChI=1S/C24H20N2O3S/c1-16-11-13-17(14-12-16)26-23(28)18-7-3-5-9-20(18)25-24(26)30-15-21(27)19-8-4-6-10-22(19)29-2/h3-14H,15H2,1-2H3. The molecule has 6 heteroatoms. The molecule has 0 saturated heterocycles. The SMILES string of the molecule is COc1ccccc1C(=O)CSc1nc2ccccc2c(=O)n1-c1ccc(C)cc1. The highest BCUT2D eigenvalue weighted by Gasteiger charge is 2.17. The molecule has 5 nitrogen and oxygen atoms in total. The van der Waals surface area contributed by atoms with E-state index in [0.717, 1.165) is 11.3 Å². The first-order chi connectivity index (χ1) is 14.6. The summed E-state index contributed by atoms with van der Waals surface area (Å²) < 4.78 is 6.87. The Balaban J connectivity index is 1.76. The van der Waals surface area contributed by atoms with Gasteiger partial charge in [-0.1, -0.05) is 53.7 Å². The summed E-state index contributed by atoms with van der Waals surface area (Å²) >= 11 is 1.24. The van der Waals surface area contributed by atoms with E-state index in [1.54, 1.807) is 35.9 Å². The van der Waals surface area contributed by atoms with Gasteiger partial charge in [-0.25, -0.2) is 4.98 Å². The summed E-state index contributed by atoms with van der Waals surface area (Å²) in [6.07, 6.45) is 0. The van der Waals surface area contributed by atoms with Crippen molar-refractivity contribution in [3.8, 4) is 11.4 Å². The summed E-state index contributed by atoms with van der Waals surface area (Å²) in [4.78, 5) is 30.8. The van der Waals surface area contributed by atoms with Crippen LogP contribution in [0, 0.1) is 6.92 Å². The smallest absolute Gasteiger partial charge is 0.266 e. The second kappa shape index (κ2) is 8.55. The summed E-state index contributed by atoms with van der Waals surface area (Å²) in [7, 11) is 1.54. The molecule has 30 heavy (non-hydrogen) atoms. The highest BCUT2D eigenvalue weighted by Crippen LogP contribution is 2.25. The van der Waals surface area contributed by atoms with Gasteiger partial charge in [-0.15, -0.1) is 0 Å². The molecular formula is C24H20N2O3S. The van der Waals surface area contributed by atoms with Crippen LogP contribution < -0.4 is 10.3 Å². The van der Waals surface area contributed by atoms with Crippen LogP contribution in [0.3, 0.4) is 0 Å². The largest absolute Gasteiger partial charge is 0.496 e. The second-order valence-electron chi connectivity index (χ2n) is 6.80. The van der Waals surface area contributed by atoms with Crippen molar-refractivity contribution in [2.45, 2.75) is 12.1 Å². The van der Waals surface area contributed by atoms with Crippen LogP contribution in [0.4, 0.5) is 0 Å². The number of carbonyl (C=O) groups is 1. The first-order valence-corrected chi connectivity index (χ1v) is 10.4. The van der Waals surface area contributed by atoms with Crippen LogP contribution in [0.2, 0.25) is 0 Å². The Morgan fingerprint density at radius 1 is 1.00 bits per heavy atom. The van der Waals surface area contributed by atoms with Crippen LogP contribution >= 0.6 is 11.8 Å². The van der Waals surface area contributed by atoms with Crippen molar-refractivity contribution in [1.82, 2.24) is 9.55 Å². The van der Waals surface area contributed by atoms with Crippen LogP contribution in [0.1, 0.15) is 15.9 Å². The van der Waals surface area contributed by atoms with Crippen molar-refractivity contribution in [3.63, 3.8) is 0 Å². The number of ether oxygens (including phenoxy) is 1. The average Bonchev–Trinajstić information content (AvgIpc) is 2.78. The lowest BCUT2D eigenvalue weighted by molar-refractivity contribution is 0.101. The fourth-order valence-electron chi connectivity index (χ4n) is 3.21. The van der Waals surface area contributed by atoms with Gasteiger partial charge in [0.2, 0.25) is 0 Å². The van der Waals surface area contributed by atoms with Crippen molar-refractivity contribution >= 4 is 28.4 Å². The van der Waals surface area contributed by atoms with E-state index in [9.17, 15) is 9.59 Å². The zero-order chi connectivity index (χ0) is 21.1. The number of thioether (sulfide) groups is 1. The molecule has 0 bridgehead atoms. The molecule has 0 radical (unpaired) electrons. The Labute approximate surface area is 178 Å². The van der Waals surface area contributed by atoms with Gasteiger partial charge in [0.1, 0.15) is 5.75 Å². The molecule has 0 unspecified atom stereocenters. The van der Waals surface area contributed by atoms with E-state index >= 15 is 0 Å². The third-order valence-corrected chi connectivity index (χ3v) is 5.72. The topological polar surface area (TPSA) is 61.2 Å². The lowest BCUT2D eigenvalue weighted by atomic mass is 10.1. The zero-order valence-electron chi connectivity index (χ0n) is 16.7. The number of nitrogens with zero attached hydrogens (tertiary/aromatic N) is 2. The van der Waals surface area contributed by atoms with Gasteiger partial charge in [0, 0.05) is 0 Å². The number of ketones is 1. The van der Waals surface area contributed by atoms with E-state index in [1.807, 2.05) is 55.5 Å². The predicted molar refractivity (Wildman–Crippen MR) is 120 cm³/mol. The molecule has 1 heterocycles. The number of fused-ring (bicyclic) bond motifs is 1. The molecule has 4 rings (SSSR count). The molecule has 0 amide bonds. The first-order valence-electron chi connectivity index (χ1n) is 9.46. The van der Waals surface area contributed by atoms with E-state index in [1.165, 1.54) is 11.8 Å². The monoisotopic (exact) mass is 416 g/mol. The van der Waals surface area contributed by atoms with Crippen LogP contribution in [-0.2, 0) is 0 Å². The van der Waals surface area contributed by atoms with E-state index in [4.69, 9.17) is 4.74 Å². The third-order valence-electron chi connectivity index (χ3n) is 4.78. The van der Waals surface area contributed by atoms with Crippen molar-refractivity contribution < 1.29 is 9.53 Å². The summed E-state index contributed by atoms with van der Waals surface area (Å²) in [5.74, 6) is 0.581. The van der Waals surface area contributed by atoms with Crippen molar-refractivity contribution in [1.29, 1.82) is 0 Å². The van der Waals surface area contributed by atoms with Gasteiger partial charge >= 0.3 is 0 Å². The van der Waals surface area contributed by atoms with Gasteiger partial charge in [0.15, 0.2) is 10.9 Å². The van der Waals surface area contributed by atoms with Crippen LogP contribution in [0.25, 0.3) is 16.6 Å². The van der Waals surface area contributed by atoms with Gasteiger partial charge in [-0.05, 0) is 43.3 Å². The third kappa shape index (κ3) is 3.86. The van der Waals surface area contributed by atoms with Crippen molar-refractivity contribution in [2.24, 2.45) is 0 Å². The summed E-state index contributed by atoms with van der Waals surface area (Å²) in [6.45, 7) is 1.99. The van der Waals surface area contributed by atoms with Gasteiger partial charge in [0.05, 0.1) is 35.0 Å². The molecule has 0 saturated carbocycles. The number of hydrogen-bond acceptors (Lipinski definition) is 5. The second-order valence-corrected chi connectivity index (χ2v) is 7.74. The maximum Gasteiger partial charge on any atom is 0.266 e. The quantitative estimate of drug-likeness (QED) is 0.260. The van der Waals surface area contributed by atoms with Gasteiger partial charge in [0.25, 0.3) is 5.56 Å². The van der Waals surface area contributed by atoms with E-state index in [0.29, 0.717) is 27.4 Å². The molecule has 0 N–H and O–H groups in total. The van der Waals surface area contributed by atoms with Gasteiger partial charge in [-0.2, -0.15) is 0 Å². The number of methoxy groups -OCH3 is 1. The molecule has 0 aliphatic rings. The van der Waals surface area contributed by atoms with Crippen molar-refractivity contribution in [2.75, 3.05) is 12.9 Å². The molecule has 1 aromatic heterocycles. The number of hydrogen-bond donors (Lipinski definition) is 0. The predicted octanol–water partition coefficient (Wildman–Crippen LogP) is 4.68. The van der Waals surface area contributed by atoms with Crippen molar-refractivity contribution in [3.05, 3.63) is 94.3 Å². The Hall–Kier alpha value is -3.38. The highest BCUT2D eigenvalue weighted by molar-refractivity contribution is 7.99. The first kappa shape index (κ1) is 19.9. The molecule has 3 aromatic carbocycles. The number of Topliss-reactive ketones (excluding diaryl/α,β-unsaturated/α-hetero) is 1. The molecule has 0 aliphatic heterocycles. The number of aryl methyl sites for hydroxylation is 1. The van der Waals surface area contributed by atoms with Crippen LogP contribution in [0.15, 0.2) is 82.7 Å². The molecule has 0 atom stereocenters. The number of benzene rings is 3. The minimum Gasteiger partial charge on any atom is -0.496 e. The van der Waals surface area contributed by atoms with E-state index in [2.05, 4.69) is 4.98 Å². The normalized spacial score (nSPS) is 10.9. The Kier molecular flexibility index (Phi) is 5.68.